The minimum atomic E-state index is 0. The quantitative estimate of drug-likeness (QED) is 0.297. The summed E-state index contributed by atoms with van der Waals surface area (Å²) in [6, 6.07) is 22.5. The molecule has 0 saturated heterocycles. The van der Waals surface area contributed by atoms with Gasteiger partial charge in [0, 0.05) is 0 Å². The van der Waals surface area contributed by atoms with Crippen molar-refractivity contribution in [2.24, 2.45) is 0 Å². The average molecular weight is 442 g/mol. The van der Waals surface area contributed by atoms with E-state index in [1.54, 1.807) is 0 Å². The molecule has 4 heteroatoms. The molecule has 0 saturated carbocycles. The molecule has 0 aliphatic heterocycles. The van der Waals surface area contributed by atoms with E-state index in [0.717, 1.165) is 0 Å². The van der Waals surface area contributed by atoms with E-state index in [1.807, 2.05) is 0 Å². The van der Waals surface area contributed by atoms with Crippen LogP contribution in [0.1, 0.15) is 44.9 Å². The van der Waals surface area contributed by atoms with E-state index in [9.17, 15) is 0 Å². The van der Waals surface area contributed by atoms with E-state index in [0.29, 0.717) is 5.92 Å². The number of halogens is 3. The number of rotatable bonds is 3. The van der Waals surface area contributed by atoms with Gasteiger partial charge in [0.25, 0.3) is 0 Å². The van der Waals surface area contributed by atoms with Crippen LogP contribution in [0.2, 0.25) is 0 Å². The Morgan fingerprint density at radius 3 is 1.19 bits per heavy atom. The molecule has 0 bridgehead atoms. The Morgan fingerprint density at radius 2 is 0.885 bits per heavy atom. The first-order chi connectivity index (χ1) is 10.5. The number of hydrogen-bond acceptors (Lipinski definition) is 0. The van der Waals surface area contributed by atoms with Crippen molar-refractivity contribution in [3.05, 3.63) is 99.6 Å². The predicted octanol–water partition coefficient (Wildman–Crippen LogP) is -3.17. The molecular weight excluding hydrogens is 418 g/mol. The van der Waals surface area contributed by atoms with Crippen LogP contribution in [0.4, 0.5) is 0 Å². The first kappa shape index (κ1) is 27.6. The summed E-state index contributed by atoms with van der Waals surface area (Å²) >= 11 is 0. The van der Waals surface area contributed by atoms with Gasteiger partial charge in [0.05, 0.1) is 0 Å². The third-order valence-electron chi connectivity index (χ3n) is 4.18. The van der Waals surface area contributed by atoms with E-state index in [-0.39, 0.29) is 58.9 Å². The fourth-order valence-electron chi connectivity index (χ4n) is 3.51. The van der Waals surface area contributed by atoms with Crippen LogP contribution in [0.15, 0.2) is 60.7 Å². The largest absolute Gasteiger partial charge is 4.00 e. The van der Waals surface area contributed by atoms with E-state index < -0.39 is 0 Å². The topological polar surface area (TPSA) is 0 Å². The van der Waals surface area contributed by atoms with Gasteiger partial charge in [0.15, 0.2) is 0 Å². The van der Waals surface area contributed by atoms with Gasteiger partial charge in [-0.1, -0.05) is 58.7 Å². The van der Waals surface area contributed by atoms with Crippen molar-refractivity contribution in [2.45, 2.75) is 33.6 Å². The van der Waals surface area contributed by atoms with Gasteiger partial charge in [0.1, 0.15) is 0 Å². The zero-order chi connectivity index (χ0) is 15.7. The molecule has 0 aromatic heterocycles. The van der Waals surface area contributed by atoms with Crippen LogP contribution in [0.3, 0.4) is 0 Å². The van der Waals surface area contributed by atoms with Crippen molar-refractivity contribution < 1.29 is 58.9 Å². The summed E-state index contributed by atoms with van der Waals surface area (Å²) < 4.78 is 0. The van der Waals surface area contributed by atoms with Crippen LogP contribution in [-0.4, -0.2) is 0 Å². The first-order valence-electron chi connectivity index (χ1n) is 7.91. The maximum absolute atomic E-state index is 2.32. The Bertz CT molecular complexity index is 703. The molecule has 0 unspecified atom stereocenters. The van der Waals surface area contributed by atoms with Gasteiger partial charge in [-0.05, 0) is 44.7 Å². The van der Waals surface area contributed by atoms with Gasteiger partial charge >= 0.3 is 21.7 Å². The monoisotopic (exact) mass is 440 g/mol. The second-order valence-electron chi connectivity index (χ2n) is 6.49. The molecule has 0 heterocycles. The Balaban J connectivity index is 0. The predicted molar refractivity (Wildman–Crippen MR) is 94.8 cm³/mol. The number of benzene rings is 2. The van der Waals surface area contributed by atoms with Crippen LogP contribution in [0.25, 0.3) is 0 Å². The maximum atomic E-state index is 2.32. The fraction of sp³-hybridized carbons (Fsp3) is 0.227. The molecule has 3 aromatic rings. The van der Waals surface area contributed by atoms with Crippen molar-refractivity contribution in [1.29, 1.82) is 0 Å². The molecule has 0 spiro atoms. The van der Waals surface area contributed by atoms with Crippen LogP contribution in [0, 0.1) is 27.7 Å². The standard InChI is InChI=1S/C22H23.3ClH.Ti/c1-15-9-16(2)12-20(11-15)22(19-7-5-6-8-19)21-13-17(3)10-18(4)14-21;;;;/h5-14,22H,1-4H3;3*1H;/q-1;;;;+4/p-3. The Kier molecular flexibility index (Phi) is 12.7. The van der Waals surface area contributed by atoms with Gasteiger partial charge in [0.2, 0.25) is 0 Å². The van der Waals surface area contributed by atoms with E-state index in [2.05, 4.69) is 88.4 Å². The summed E-state index contributed by atoms with van der Waals surface area (Å²) in [7, 11) is 0. The molecule has 0 atom stereocenters. The number of aryl methyl sites for hydroxylation is 4. The van der Waals surface area contributed by atoms with Crippen LogP contribution in [0.5, 0.6) is 0 Å². The third-order valence-corrected chi connectivity index (χ3v) is 4.18. The summed E-state index contributed by atoms with van der Waals surface area (Å²) in [6.45, 7) is 8.72. The van der Waals surface area contributed by atoms with Gasteiger partial charge in [-0.15, -0.1) is 5.56 Å². The normalized spacial score (nSPS) is 9.42. The van der Waals surface area contributed by atoms with Crippen LogP contribution in [-0.2, 0) is 21.7 Å². The molecule has 0 fully saturated rings. The minimum Gasteiger partial charge on any atom is -1.00 e. The summed E-state index contributed by atoms with van der Waals surface area (Å²) in [5.41, 5.74) is 9.45. The molecule has 136 valence electrons. The molecule has 0 nitrogen and oxygen atoms in total. The van der Waals surface area contributed by atoms with Crippen LogP contribution < -0.4 is 37.2 Å². The molecule has 3 aromatic carbocycles. The zero-order valence-electron chi connectivity index (χ0n) is 15.5. The summed E-state index contributed by atoms with van der Waals surface area (Å²) in [5, 5.41) is 0. The Morgan fingerprint density at radius 1 is 0.577 bits per heavy atom. The molecular formula is C22H23Cl3Ti. The maximum Gasteiger partial charge on any atom is 4.00 e. The molecule has 0 amide bonds. The zero-order valence-corrected chi connectivity index (χ0v) is 19.3. The van der Waals surface area contributed by atoms with Gasteiger partial charge < -0.3 is 37.2 Å². The van der Waals surface area contributed by atoms with E-state index >= 15 is 0 Å². The minimum absolute atomic E-state index is 0. The average Bonchev–Trinajstić information content (AvgIpc) is 2.90. The SMILES string of the molecule is Cc1cc(C)cc(C(c2cc(C)cc(C)c2)[c-]2cccc2)c1.[Cl-].[Cl-].[Cl-].[Ti+4]. The second-order valence-corrected chi connectivity index (χ2v) is 6.49. The molecule has 3 rings (SSSR count). The number of hydrogen-bond donors (Lipinski definition) is 0. The van der Waals surface area contributed by atoms with Gasteiger partial charge in [-0.25, -0.2) is 12.1 Å². The van der Waals surface area contributed by atoms with E-state index in [4.69, 9.17) is 0 Å². The molecule has 0 N–H and O–H groups in total. The van der Waals surface area contributed by atoms with Gasteiger partial charge in [-0.3, -0.25) is 0 Å². The van der Waals surface area contributed by atoms with Crippen molar-refractivity contribution in [3.63, 3.8) is 0 Å². The first-order valence-corrected chi connectivity index (χ1v) is 7.91. The summed E-state index contributed by atoms with van der Waals surface area (Å²) in [6.07, 6.45) is 0. The third kappa shape index (κ3) is 6.52. The van der Waals surface area contributed by atoms with Crippen LogP contribution >= 0.6 is 0 Å². The fourth-order valence-corrected chi connectivity index (χ4v) is 3.51. The molecule has 26 heavy (non-hydrogen) atoms. The smallest absolute Gasteiger partial charge is 1.00 e. The summed E-state index contributed by atoms with van der Waals surface area (Å²) in [4.78, 5) is 0. The van der Waals surface area contributed by atoms with Crippen molar-refractivity contribution >= 4 is 0 Å². The van der Waals surface area contributed by atoms with Gasteiger partial charge in [-0.2, -0.15) is 12.1 Å². The summed E-state index contributed by atoms with van der Waals surface area (Å²) in [5.74, 6) is 0.312. The van der Waals surface area contributed by atoms with E-state index in [1.165, 1.54) is 38.9 Å². The molecule has 0 aliphatic carbocycles. The Labute approximate surface area is 191 Å². The molecule has 0 aliphatic rings. The second kappa shape index (κ2) is 12.0. The van der Waals surface area contributed by atoms with Crippen molar-refractivity contribution in [1.82, 2.24) is 0 Å². The van der Waals surface area contributed by atoms with Crippen molar-refractivity contribution in [3.8, 4) is 0 Å². The van der Waals surface area contributed by atoms with Crippen molar-refractivity contribution in [2.75, 3.05) is 0 Å². The Hall–Kier alpha value is -0.626. The molecule has 0 radical (unpaired) electrons.